The van der Waals surface area contributed by atoms with E-state index >= 15 is 0 Å². The van der Waals surface area contributed by atoms with Crippen molar-refractivity contribution < 1.29 is 31.9 Å². The molecule has 1 rings (SSSR count). The fourth-order valence-corrected chi connectivity index (χ4v) is 1.97. The number of aromatic carboxylic acids is 1. The maximum absolute atomic E-state index is 14.2. The molecule has 1 aromatic carbocycles. The third-order valence-corrected chi connectivity index (χ3v) is 3.43. The van der Waals surface area contributed by atoms with Crippen molar-refractivity contribution in [1.29, 1.82) is 0 Å². The van der Waals surface area contributed by atoms with E-state index in [0.717, 1.165) is 6.92 Å². The molecule has 1 aromatic rings. The van der Waals surface area contributed by atoms with Crippen LogP contribution in [0, 0.1) is 17.6 Å². The second kappa shape index (κ2) is 7.55. The standard InChI is InChI=1S/C16H16F5NO2/c1-4-8(3)14(22-12(5-2)16(19,20)21)13-10(17)6-9(15(23)24)7-11(13)18/h5-8H,4H2,1-3H3,(H,23,24)/b12-5-,22-14?. The number of hydrogen-bond donors (Lipinski definition) is 1. The van der Waals surface area contributed by atoms with Gasteiger partial charge in [-0.2, -0.15) is 13.2 Å². The third kappa shape index (κ3) is 4.39. The van der Waals surface area contributed by atoms with Gasteiger partial charge >= 0.3 is 12.1 Å². The van der Waals surface area contributed by atoms with E-state index in [4.69, 9.17) is 5.11 Å². The van der Waals surface area contributed by atoms with Crippen LogP contribution in [0.15, 0.2) is 28.9 Å². The molecule has 1 N–H and O–H groups in total. The Morgan fingerprint density at radius 1 is 1.29 bits per heavy atom. The largest absolute Gasteiger partial charge is 0.478 e. The number of benzene rings is 1. The van der Waals surface area contributed by atoms with Gasteiger partial charge in [0.05, 0.1) is 16.8 Å². The second-order valence-electron chi connectivity index (χ2n) is 5.10. The Kier molecular flexibility index (Phi) is 6.22. The van der Waals surface area contributed by atoms with Gasteiger partial charge in [0.1, 0.15) is 17.3 Å². The van der Waals surface area contributed by atoms with Gasteiger partial charge in [-0.15, -0.1) is 0 Å². The molecular weight excluding hydrogens is 333 g/mol. The van der Waals surface area contributed by atoms with Crippen molar-refractivity contribution in [3.8, 4) is 0 Å². The number of carboxylic acid groups (broad SMARTS) is 1. The lowest BCUT2D eigenvalue weighted by Gasteiger charge is -2.17. The monoisotopic (exact) mass is 349 g/mol. The average molecular weight is 349 g/mol. The quantitative estimate of drug-likeness (QED) is 0.603. The van der Waals surface area contributed by atoms with Crippen LogP contribution in [0.2, 0.25) is 0 Å². The Morgan fingerprint density at radius 2 is 1.79 bits per heavy atom. The van der Waals surface area contributed by atoms with Crippen molar-refractivity contribution in [2.45, 2.75) is 33.4 Å². The van der Waals surface area contributed by atoms with Crippen molar-refractivity contribution in [2.24, 2.45) is 10.9 Å². The van der Waals surface area contributed by atoms with E-state index in [1.54, 1.807) is 6.92 Å². The van der Waals surface area contributed by atoms with Gasteiger partial charge in [0.15, 0.2) is 0 Å². The molecule has 0 heterocycles. The number of allylic oxidation sites excluding steroid dienone is 2. The van der Waals surface area contributed by atoms with E-state index in [-0.39, 0.29) is 6.42 Å². The zero-order valence-electron chi connectivity index (χ0n) is 13.2. The lowest BCUT2D eigenvalue weighted by molar-refractivity contribution is -0.0924. The first-order valence-corrected chi connectivity index (χ1v) is 7.07. The van der Waals surface area contributed by atoms with Crippen molar-refractivity contribution in [2.75, 3.05) is 0 Å². The molecule has 0 aromatic heterocycles. The fraction of sp³-hybridized carbons (Fsp3) is 0.375. The molecule has 0 aliphatic rings. The summed E-state index contributed by atoms with van der Waals surface area (Å²) >= 11 is 0. The van der Waals surface area contributed by atoms with Crippen molar-refractivity contribution in [3.05, 3.63) is 46.7 Å². The number of halogens is 5. The number of rotatable bonds is 5. The van der Waals surface area contributed by atoms with Gasteiger partial charge in [-0.05, 0) is 31.4 Å². The second-order valence-corrected chi connectivity index (χ2v) is 5.10. The molecular formula is C16H16F5NO2. The minimum atomic E-state index is -4.78. The van der Waals surface area contributed by atoms with E-state index in [1.807, 2.05) is 0 Å². The maximum Gasteiger partial charge on any atom is 0.433 e. The lowest BCUT2D eigenvalue weighted by Crippen LogP contribution is -2.20. The van der Waals surface area contributed by atoms with Crippen LogP contribution in [0.5, 0.6) is 0 Å². The number of alkyl halides is 3. The maximum atomic E-state index is 14.2. The summed E-state index contributed by atoms with van der Waals surface area (Å²) in [4.78, 5) is 14.2. The van der Waals surface area contributed by atoms with Crippen LogP contribution in [-0.4, -0.2) is 23.0 Å². The van der Waals surface area contributed by atoms with Crippen molar-refractivity contribution in [3.63, 3.8) is 0 Å². The zero-order valence-corrected chi connectivity index (χ0v) is 13.2. The summed E-state index contributed by atoms with van der Waals surface area (Å²) in [5, 5.41) is 8.79. The smallest absolute Gasteiger partial charge is 0.433 e. The number of nitrogens with zero attached hydrogens (tertiary/aromatic N) is 1. The average Bonchev–Trinajstić information content (AvgIpc) is 2.47. The molecule has 8 heteroatoms. The molecule has 0 bridgehead atoms. The summed E-state index contributed by atoms with van der Waals surface area (Å²) in [5.74, 6) is -4.78. The number of hydrogen-bond acceptors (Lipinski definition) is 2. The van der Waals surface area contributed by atoms with E-state index < -0.39 is 52.2 Å². The minimum Gasteiger partial charge on any atom is -0.478 e. The molecule has 1 atom stereocenters. The molecule has 0 aliphatic heterocycles. The number of aliphatic imine (C=N–C) groups is 1. The Labute approximate surface area is 135 Å². The van der Waals surface area contributed by atoms with Gasteiger partial charge in [0, 0.05) is 0 Å². The molecule has 0 amide bonds. The summed E-state index contributed by atoms with van der Waals surface area (Å²) in [6.45, 7) is 4.22. The fourth-order valence-electron chi connectivity index (χ4n) is 1.97. The van der Waals surface area contributed by atoms with Crippen molar-refractivity contribution in [1.82, 2.24) is 0 Å². The number of carbonyl (C=O) groups is 1. The molecule has 3 nitrogen and oxygen atoms in total. The van der Waals surface area contributed by atoms with Gasteiger partial charge in [0.2, 0.25) is 0 Å². The van der Waals surface area contributed by atoms with Crippen LogP contribution in [-0.2, 0) is 0 Å². The molecule has 132 valence electrons. The van der Waals surface area contributed by atoms with Gasteiger partial charge in [-0.25, -0.2) is 18.6 Å². The highest BCUT2D eigenvalue weighted by molar-refractivity contribution is 6.03. The Bertz CT molecular complexity index is 669. The summed E-state index contributed by atoms with van der Waals surface area (Å²) in [7, 11) is 0. The van der Waals surface area contributed by atoms with E-state index in [9.17, 15) is 26.7 Å². The Balaban J connectivity index is 3.63. The van der Waals surface area contributed by atoms with Crippen LogP contribution < -0.4 is 0 Å². The summed E-state index contributed by atoms with van der Waals surface area (Å²) < 4.78 is 67.1. The highest BCUT2D eigenvalue weighted by Crippen LogP contribution is 2.29. The molecule has 0 aliphatic carbocycles. The molecule has 0 saturated carbocycles. The van der Waals surface area contributed by atoms with Crippen LogP contribution in [0.1, 0.15) is 43.1 Å². The van der Waals surface area contributed by atoms with Crippen molar-refractivity contribution >= 4 is 11.7 Å². The molecule has 1 unspecified atom stereocenters. The first-order valence-electron chi connectivity index (χ1n) is 7.07. The first kappa shape index (κ1) is 19.8. The zero-order chi connectivity index (χ0) is 18.7. The van der Waals surface area contributed by atoms with Crippen LogP contribution in [0.25, 0.3) is 0 Å². The molecule has 0 radical (unpaired) electrons. The van der Waals surface area contributed by atoms with Crippen LogP contribution in [0.3, 0.4) is 0 Å². The normalized spacial score (nSPS) is 14.7. The Hall–Kier alpha value is -2.25. The topological polar surface area (TPSA) is 49.7 Å². The summed E-state index contributed by atoms with van der Waals surface area (Å²) in [5.41, 5.74) is -3.09. The van der Waals surface area contributed by atoms with E-state index in [0.29, 0.717) is 18.2 Å². The van der Waals surface area contributed by atoms with Crippen LogP contribution >= 0.6 is 0 Å². The SMILES string of the molecule is C/C=C(\N=C(c1c(F)cc(C(=O)O)cc1F)C(C)CC)C(F)(F)F. The first-order chi connectivity index (χ1) is 11.0. The summed E-state index contributed by atoms with van der Waals surface area (Å²) in [6.07, 6.45) is -3.79. The third-order valence-electron chi connectivity index (χ3n) is 3.43. The lowest BCUT2D eigenvalue weighted by atomic mass is 9.94. The van der Waals surface area contributed by atoms with Gasteiger partial charge < -0.3 is 5.11 Å². The number of carboxylic acids is 1. The van der Waals surface area contributed by atoms with Gasteiger partial charge in [-0.1, -0.05) is 19.9 Å². The van der Waals surface area contributed by atoms with Gasteiger partial charge in [-0.3, -0.25) is 0 Å². The summed E-state index contributed by atoms with van der Waals surface area (Å²) in [6, 6.07) is 1.11. The van der Waals surface area contributed by atoms with Crippen LogP contribution in [0.4, 0.5) is 22.0 Å². The molecule has 0 fully saturated rings. The highest BCUT2D eigenvalue weighted by Gasteiger charge is 2.34. The molecule has 0 saturated heterocycles. The minimum absolute atomic E-state index is 0.285. The van der Waals surface area contributed by atoms with E-state index in [1.165, 1.54) is 6.92 Å². The van der Waals surface area contributed by atoms with E-state index in [2.05, 4.69) is 4.99 Å². The highest BCUT2D eigenvalue weighted by atomic mass is 19.4. The molecule has 24 heavy (non-hydrogen) atoms. The predicted octanol–water partition coefficient (Wildman–Crippen LogP) is 4.96. The molecule has 0 spiro atoms. The van der Waals surface area contributed by atoms with Gasteiger partial charge in [0.25, 0.3) is 0 Å². The predicted molar refractivity (Wildman–Crippen MR) is 79.1 cm³/mol. The Morgan fingerprint density at radius 3 is 2.12 bits per heavy atom.